The molecule has 0 atom stereocenters. The third-order valence-corrected chi connectivity index (χ3v) is 4.43. The summed E-state index contributed by atoms with van der Waals surface area (Å²) in [4.78, 5) is 25.6. The van der Waals surface area contributed by atoms with Crippen molar-refractivity contribution in [2.45, 2.75) is 13.5 Å². The molecular weight excluding hydrogens is 354 g/mol. The number of phenols is 1. The van der Waals surface area contributed by atoms with Crippen molar-refractivity contribution in [1.29, 1.82) is 0 Å². The lowest BCUT2D eigenvalue weighted by Gasteiger charge is -2.11. The Morgan fingerprint density at radius 1 is 0.964 bits per heavy atom. The number of hydrogen-bond acceptors (Lipinski definition) is 4. The first kappa shape index (κ1) is 19.2. The van der Waals surface area contributed by atoms with Gasteiger partial charge in [-0.15, -0.1) is 0 Å². The number of nitrogens with one attached hydrogen (secondary N) is 1. The molecule has 0 aliphatic heterocycles. The number of aryl methyl sites for hydroxylation is 1. The monoisotopic (exact) mass is 375 g/mol. The molecular formula is C23H21NO4. The molecule has 3 rings (SSSR count). The molecule has 0 aliphatic carbocycles. The summed E-state index contributed by atoms with van der Waals surface area (Å²) in [5.41, 5.74) is 3.04. The summed E-state index contributed by atoms with van der Waals surface area (Å²) in [6.07, 6.45) is 0. The second kappa shape index (κ2) is 8.39. The van der Waals surface area contributed by atoms with E-state index in [0.29, 0.717) is 22.4 Å². The molecule has 0 spiro atoms. The number of carbonyl (C=O) groups is 2. The second-order valence-corrected chi connectivity index (χ2v) is 6.43. The average Bonchev–Trinajstić information content (AvgIpc) is 2.73. The number of aromatic hydroxyl groups is 1. The Morgan fingerprint density at radius 2 is 1.64 bits per heavy atom. The number of phenolic OH excluding ortho intramolecular Hbond substituents is 1. The van der Waals surface area contributed by atoms with Gasteiger partial charge in [0.2, 0.25) is 0 Å². The predicted molar refractivity (Wildman–Crippen MR) is 107 cm³/mol. The van der Waals surface area contributed by atoms with Gasteiger partial charge in [0, 0.05) is 17.7 Å². The van der Waals surface area contributed by atoms with Gasteiger partial charge < -0.3 is 15.2 Å². The van der Waals surface area contributed by atoms with Gasteiger partial charge in [0.25, 0.3) is 5.91 Å². The molecule has 5 heteroatoms. The van der Waals surface area contributed by atoms with Crippen molar-refractivity contribution in [1.82, 2.24) is 5.32 Å². The standard InChI is InChI=1S/C23H21NO4/c1-15-7-10-17(11-8-15)22(26)18-5-3-4-6-19(18)23(27)24-14-16-9-12-20(25)21(13-16)28-2/h3-13,25H,14H2,1-2H3,(H,24,27). The zero-order valence-corrected chi connectivity index (χ0v) is 15.7. The Labute approximate surface area is 163 Å². The lowest BCUT2D eigenvalue weighted by Crippen LogP contribution is -2.25. The van der Waals surface area contributed by atoms with Crippen LogP contribution in [0.25, 0.3) is 0 Å². The molecule has 28 heavy (non-hydrogen) atoms. The number of methoxy groups -OCH3 is 1. The van der Waals surface area contributed by atoms with Crippen molar-refractivity contribution in [3.8, 4) is 11.5 Å². The summed E-state index contributed by atoms with van der Waals surface area (Å²) in [6.45, 7) is 2.19. The van der Waals surface area contributed by atoms with Crippen LogP contribution in [0.15, 0.2) is 66.7 Å². The van der Waals surface area contributed by atoms with E-state index in [2.05, 4.69) is 5.32 Å². The highest BCUT2D eigenvalue weighted by Crippen LogP contribution is 2.26. The number of benzene rings is 3. The van der Waals surface area contributed by atoms with Gasteiger partial charge in [-0.25, -0.2) is 0 Å². The first-order chi connectivity index (χ1) is 13.5. The van der Waals surface area contributed by atoms with Crippen molar-refractivity contribution in [3.63, 3.8) is 0 Å². The Morgan fingerprint density at radius 3 is 2.32 bits per heavy atom. The van der Waals surface area contributed by atoms with E-state index in [1.807, 2.05) is 19.1 Å². The lowest BCUT2D eigenvalue weighted by atomic mass is 9.97. The predicted octanol–water partition coefficient (Wildman–Crippen LogP) is 3.87. The fraction of sp³-hybridized carbons (Fsp3) is 0.130. The molecule has 0 saturated carbocycles. The maximum atomic E-state index is 12.9. The van der Waals surface area contributed by atoms with Gasteiger partial charge in [-0.2, -0.15) is 0 Å². The van der Waals surface area contributed by atoms with Gasteiger partial charge in [0.1, 0.15) is 0 Å². The molecule has 3 aromatic carbocycles. The van der Waals surface area contributed by atoms with Crippen LogP contribution in [0.1, 0.15) is 37.4 Å². The molecule has 0 fully saturated rings. The smallest absolute Gasteiger partial charge is 0.252 e. The van der Waals surface area contributed by atoms with E-state index >= 15 is 0 Å². The molecule has 0 aliphatic rings. The minimum absolute atomic E-state index is 0.0339. The molecule has 2 N–H and O–H groups in total. The number of ether oxygens (including phenoxy) is 1. The Hall–Kier alpha value is -3.60. The summed E-state index contributed by atoms with van der Waals surface area (Å²) in [6, 6.07) is 18.9. The van der Waals surface area contributed by atoms with Crippen LogP contribution in [-0.2, 0) is 6.54 Å². The maximum absolute atomic E-state index is 12.9. The quantitative estimate of drug-likeness (QED) is 0.642. The minimum atomic E-state index is -0.344. The summed E-state index contributed by atoms with van der Waals surface area (Å²) in [5.74, 6) is -0.173. The van der Waals surface area contributed by atoms with Crippen molar-refractivity contribution in [2.24, 2.45) is 0 Å². The van der Waals surface area contributed by atoms with E-state index < -0.39 is 0 Å². The zero-order valence-electron chi connectivity index (χ0n) is 15.7. The van der Waals surface area contributed by atoms with Crippen LogP contribution in [0.4, 0.5) is 0 Å². The summed E-state index contributed by atoms with van der Waals surface area (Å²) >= 11 is 0. The lowest BCUT2D eigenvalue weighted by molar-refractivity contribution is 0.0939. The van der Waals surface area contributed by atoms with Gasteiger partial charge in [-0.3, -0.25) is 9.59 Å². The molecule has 0 aromatic heterocycles. The highest BCUT2D eigenvalue weighted by Gasteiger charge is 2.18. The first-order valence-corrected chi connectivity index (χ1v) is 8.84. The summed E-state index contributed by atoms with van der Waals surface area (Å²) < 4.78 is 5.08. The molecule has 1 amide bonds. The first-order valence-electron chi connectivity index (χ1n) is 8.84. The van der Waals surface area contributed by atoms with Gasteiger partial charge in [0.05, 0.1) is 12.7 Å². The fourth-order valence-corrected chi connectivity index (χ4v) is 2.85. The van der Waals surface area contributed by atoms with Crippen LogP contribution in [-0.4, -0.2) is 23.9 Å². The van der Waals surface area contributed by atoms with E-state index in [9.17, 15) is 14.7 Å². The minimum Gasteiger partial charge on any atom is -0.504 e. The Balaban J connectivity index is 1.79. The molecule has 0 saturated heterocycles. The molecule has 0 bridgehead atoms. The van der Waals surface area contributed by atoms with Crippen molar-refractivity contribution < 1.29 is 19.4 Å². The van der Waals surface area contributed by atoms with Crippen LogP contribution in [0.3, 0.4) is 0 Å². The van der Waals surface area contributed by atoms with E-state index in [1.54, 1.807) is 48.5 Å². The number of rotatable bonds is 6. The molecule has 0 radical (unpaired) electrons. The highest BCUT2D eigenvalue weighted by atomic mass is 16.5. The summed E-state index contributed by atoms with van der Waals surface area (Å²) in [7, 11) is 1.46. The molecule has 142 valence electrons. The topological polar surface area (TPSA) is 75.6 Å². The van der Waals surface area contributed by atoms with Crippen LogP contribution in [0.2, 0.25) is 0 Å². The number of carbonyl (C=O) groups excluding carboxylic acids is 2. The van der Waals surface area contributed by atoms with Gasteiger partial charge >= 0.3 is 0 Å². The molecule has 0 unspecified atom stereocenters. The largest absolute Gasteiger partial charge is 0.504 e. The molecule has 3 aromatic rings. The van der Waals surface area contributed by atoms with Gasteiger partial charge in [-0.05, 0) is 30.7 Å². The third kappa shape index (κ3) is 4.20. The van der Waals surface area contributed by atoms with Gasteiger partial charge in [0.15, 0.2) is 17.3 Å². The number of amides is 1. The highest BCUT2D eigenvalue weighted by molar-refractivity contribution is 6.15. The Kier molecular flexibility index (Phi) is 5.75. The van der Waals surface area contributed by atoms with Crippen LogP contribution < -0.4 is 10.1 Å². The van der Waals surface area contributed by atoms with Crippen molar-refractivity contribution in [2.75, 3.05) is 7.11 Å². The second-order valence-electron chi connectivity index (χ2n) is 6.43. The van der Waals surface area contributed by atoms with Crippen LogP contribution in [0.5, 0.6) is 11.5 Å². The van der Waals surface area contributed by atoms with E-state index in [-0.39, 0.29) is 24.0 Å². The summed E-state index contributed by atoms with van der Waals surface area (Å²) in [5, 5.41) is 12.5. The molecule has 0 heterocycles. The third-order valence-electron chi connectivity index (χ3n) is 4.43. The van der Waals surface area contributed by atoms with E-state index in [0.717, 1.165) is 11.1 Å². The Bertz CT molecular complexity index is 1010. The van der Waals surface area contributed by atoms with E-state index in [4.69, 9.17) is 4.74 Å². The zero-order chi connectivity index (χ0) is 20.1. The molecule has 5 nitrogen and oxygen atoms in total. The fourth-order valence-electron chi connectivity index (χ4n) is 2.85. The normalized spacial score (nSPS) is 10.4. The number of hydrogen-bond donors (Lipinski definition) is 2. The van der Waals surface area contributed by atoms with E-state index in [1.165, 1.54) is 13.2 Å². The van der Waals surface area contributed by atoms with Crippen molar-refractivity contribution in [3.05, 3.63) is 94.5 Å². The van der Waals surface area contributed by atoms with Gasteiger partial charge in [-0.1, -0.05) is 54.1 Å². The van der Waals surface area contributed by atoms with Crippen LogP contribution >= 0.6 is 0 Å². The average molecular weight is 375 g/mol. The van der Waals surface area contributed by atoms with Crippen molar-refractivity contribution >= 4 is 11.7 Å². The number of ketones is 1. The maximum Gasteiger partial charge on any atom is 0.252 e. The SMILES string of the molecule is COc1cc(CNC(=O)c2ccccc2C(=O)c2ccc(C)cc2)ccc1O. The van der Waals surface area contributed by atoms with Crippen LogP contribution in [0, 0.1) is 6.92 Å².